The minimum Gasteiger partial charge on any atom is -0.379 e. The molecule has 6 nitrogen and oxygen atoms in total. The molecule has 1 amide bonds. The van der Waals surface area contributed by atoms with Crippen molar-refractivity contribution >= 4 is 39.1 Å². The summed E-state index contributed by atoms with van der Waals surface area (Å²) < 4.78 is 32.4. The molecule has 0 bridgehead atoms. The molecule has 1 unspecified atom stereocenters. The van der Waals surface area contributed by atoms with Crippen molar-refractivity contribution in [2.24, 2.45) is 5.92 Å². The first-order valence-corrected chi connectivity index (χ1v) is 11.7. The summed E-state index contributed by atoms with van der Waals surface area (Å²) in [4.78, 5) is 12.6. The van der Waals surface area contributed by atoms with E-state index in [1.54, 1.807) is 0 Å². The summed E-state index contributed by atoms with van der Waals surface area (Å²) in [6, 6.07) is 2.54. The number of amides is 1. The van der Waals surface area contributed by atoms with Crippen molar-refractivity contribution in [1.82, 2.24) is 9.62 Å². The van der Waals surface area contributed by atoms with Crippen molar-refractivity contribution in [2.45, 2.75) is 51.0 Å². The van der Waals surface area contributed by atoms with E-state index in [0.29, 0.717) is 19.1 Å². The Bertz CT molecular complexity index is 793. The fourth-order valence-corrected chi connectivity index (χ4v) is 5.27. The normalized spacial score (nSPS) is 16.9. The zero-order valence-corrected chi connectivity index (χ0v) is 18.8. The van der Waals surface area contributed by atoms with E-state index in [4.69, 9.17) is 27.9 Å². The zero-order chi connectivity index (χ0) is 20.9. The molecule has 1 aliphatic heterocycles. The van der Waals surface area contributed by atoms with Gasteiger partial charge in [0, 0.05) is 19.1 Å². The molecule has 1 aliphatic rings. The Hall–Kier alpha value is -0.860. The summed E-state index contributed by atoms with van der Waals surface area (Å²) in [6.07, 6.45) is 2.93. The fourth-order valence-electron chi connectivity index (χ4n) is 3.03. The predicted octanol–water partition coefficient (Wildman–Crippen LogP) is 3.96. The van der Waals surface area contributed by atoms with E-state index >= 15 is 0 Å². The Labute approximate surface area is 177 Å². The number of nitrogens with zero attached hydrogens (tertiary/aromatic N) is 1. The molecule has 1 fully saturated rings. The Balaban J connectivity index is 2.19. The van der Waals surface area contributed by atoms with Gasteiger partial charge in [-0.3, -0.25) is 4.79 Å². The summed E-state index contributed by atoms with van der Waals surface area (Å²) in [5.74, 6) is 0.207. The highest BCUT2D eigenvalue weighted by Gasteiger charge is 2.30. The molecular weight excluding hydrogens is 423 g/mol. The zero-order valence-electron chi connectivity index (χ0n) is 16.5. The van der Waals surface area contributed by atoms with Gasteiger partial charge < -0.3 is 10.1 Å². The number of ether oxygens (including phenoxy) is 1. The van der Waals surface area contributed by atoms with Crippen LogP contribution in [0.1, 0.15) is 50.4 Å². The van der Waals surface area contributed by atoms with Gasteiger partial charge in [-0.1, -0.05) is 49.9 Å². The van der Waals surface area contributed by atoms with Crippen molar-refractivity contribution in [3.8, 4) is 0 Å². The third-order valence-electron chi connectivity index (χ3n) is 4.65. The number of rotatable bonds is 8. The molecule has 1 aromatic rings. The molecule has 1 atom stereocenters. The number of carbonyl (C=O) groups excluding carboxylic acids is 1. The van der Waals surface area contributed by atoms with Gasteiger partial charge in [-0.25, -0.2) is 8.42 Å². The topological polar surface area (TPSA) is 75.7 Å². The lowest BCUT2D eigenvalue weighted by molar-refractivity contribution is 0.0730. The average molecular weight is 451 g/mol. The molecule has 2 rings (SSSR count). The lowest BCUT2D eigenvalue weighted by Gasteiger charge is -2.26. The molecule has 1 heterocycles. The Morgan fingerprint density at radius 1 is 1.14 bits per heavy atom. The van der Waals surface area contributed by atoms with E-state index in [9.17, 15) is 13.2 Å². The van der Waals surface area contributed by atoms with E-state index in [2.05, 4.69) is 19.2 Å². The molecule has 1 N–H and O–H groups in total. The monoisotopic (exact) mass is 450 g/mol. The van der Waals surface area contributed by atoms with Gasteiger partial charge in [-0.15, -0.1) is 0 Å². The van der Waals surface area contributed by atoms with Crippen molar-refractivity contribution in [2.75, 3.05) is 26.3 Å². The Morgan fingerprint density at radius 2 is 1.79 bits per heavy atom. The van der Waals surface area contributed by atoms with Crippen LogP contribution in [0, 0.1) is 5.92 Å². The molecule has 0 aromatic heterocycles. The first kappa shape index (κ1) is 23.4. The summed E-state index contributed by atoms with van der Waals surface area (Å²) in [5.41, 5.74) is 0.105. The number of sulfonamides is 1. The second-order valence-electron chi connectivity index (χ2n) is 7.48. The van der Waals surface area contributed by atoms with Gasteiger partial charge in [0.15, 0.2) is 0 Å². The number of benzene rings is 1. The Morgan fingerprint density at radius 3 is 2.39 bits per heavy atom. The molecule has 1 saturated heterocycles. The number of nitrogens with one attached hydrogen (secondary N) is 1. The van der Waals surface area contributed by atoms with Crippen LogP contribution in [0.25, 0.3) is 0 Å². The number of carbonyl (C=O) groups is 1. The van der Waals surface area contributed by atoms with Gasteiger partial charge in [0.2, 0.25) is 10.0 Å². The van der Waals surface area contributed by atoms with E-state index in [-0.39, 0.29) is 39.6 Å². The van der Waals surface area contributed by atoms with Gasteiger partial charge in [0.05, 0.1) is 28.8 Å². The summed E-state index contributed by atoms with van der Waals surface area (Å²) in [5, 5.41) is 3.01. The first-order chi connectivity index (χ1) is 13.1. The lowest BCUT2D eigenvalue weighted by atomic mass is 10.0. The standard InChI is InChI=1S/C19H28Cl2N2O4S/c1-13(2)5-4-6-14(3)22-19(24)15-11-18(17(21)12-16(15)20)28(25,26)23-7-9-27-10-8-23/h11-14H,4-10H2,1-3H3,(H,22,24). The number of hydrogen-bond acceptors (Lipinski definition) is 4. The quantitative estimate of drug-likeness (QED) is 0.649. The van der Waals surface area contributed by atoms with E-state index in [1.807, 2.05) is 6.92 Å². The van der Waals surface area contributed by atoms with E-state index in [1.165, 1.54) is 16.4 Å². The smallest absolute Gasteiger partial charge is 0.253 e. The maximum atomic E-state index is 12.9. The number of hydrogen-bond donors (Lipinski definition) is 1. The summed E-state index contributed by atoms with van der Waals surface area (Å²) in [6.45, 7) is 7.39. The van der Waals surface area contributed by atoms with Gasteiger partial charge in [0.1, 0.15) is 4.90 Å². The molecule has 28 heavy (non-hydrogen) atoms. The minimum absolute atomic E-state index is 0.00183. The average Bonchev–Trinajstić information content (AvgIpc) is 2.61. The van der Waals surface area contributed by atoms with Crippen LogP contribution in [0.15, 0.2) is 17.0 Å². The van der Waals surface area contributed by atoms with Gasteiger partial charge >= 0.3 is 0 Å². The summed E-state index contributed by atoms with van der Waals surface area (Å²) >= 11 is 12.3. The predicted molar refractivity (Wildman–Crippen MR) is 112 cm³/mol. The van der Waals surface area contributed by atoms with Gasteiger partial charge in [0.25, 0.3) is 5.91 Å². The van der Waals surface area contributed by atoms with Crippen LogP contribution in [-0.2, 0) is 14.8 Å². The molecular formula is C19H28Cl2N2O4S. The van der Waals surface area contributed by atoms with Crippen molar-refractivity contribution in [1.29, 1.82) is 0 Å². The van der Waals surface area contributed by atoms with Crippen LogP contribution in [0.4, 0.5) is 0 Å². The van der Waals surface area contributed by atoms with E-state index in [0.717, 1.165) is 19.3 Å². The molecule has 0 radical (unpaired) electrons. The van der Waals surface area contributed by atoms with Crippen LogP contribution in [0.3, 0.4) is 0 Å². The van der Waals surface area contributed by atoms with Gasteiger partial charge in [-0.2, -0.15) is 4.31 Å². The second kappa shape index (κ2) is 10.3. The van der Waals surface area contributed by atoms with Crippen molar-refractivity contribution in [3.05, 3.63) is 27.7 Å². The molecule has 1 aromatic carbocycles. The fraction of sp³-hybridized carbons (Fsp3) is 0.632. The highest BCUT2D eigenvalue weighted by Crippen LogP contribution is 2.31. The maximum absolute atomic E-state index is 12.9. The highest BCUT2D eigenvalue weighted by atomic mass is 35.5. The minimum atomic E-state index is -3.83. The van der Waals surface area contributed by atoms with Crippen LogP contribution < -0.4 is 5.32 Å². The SMILES string of the molecule is CC(C)CCCC(C)NC(=O)c1cc(S(=O)(=O)N2CCOCC2)c(Cl)cc1Cl. The second-order valence-corrected chi connectivity index (χ2v) is 10.2. The lowest BCUT2D eigenvalue weighted by Crippen LogP contribution is -2.40. The first-order valence-electron chi connectivity index (χ1n) is 9.50. The maximum Gasteiger partial charge on any atom is 0.253 e. The van der Waals surface area contributed by atoms with Crippen LogP contribution in [0.2, 0.25) is 10.0 Å². The highest BCUT2D eigenvalue weighted by molar-refractivity contribution is 7.89. The number of morpholine rings is 1. The van der Waals surface area contributed by atoms with Gasteiger partial charge in [-0.05, 0) is 31.4 Å². The van der Waals surface area contributed by atoms with Crippen LogP contribution >= 0.6 is 23.2 Å². The van der Waals surface area contributed by atoms with Crippen molar-refractivity contribution in [3.63, 3.8) is 0 Å². The van der Waals surface area contributed by atoms with E-state index < -0.39 is 15.9 Å². The molecule has 158 valence electrons. The van der Waals surface area contributed by atoms with Crippen molar-refractivity contribution < 1.29 is 17.9 Å². The molecule has 9 heteroatoms. The molecule has 0 saturated carbocycles. The third-order valence-corrected chi connectivity index (χ3v) is 7.33. The molecule has 0 aliphatic carbocycles. The van der Waals surface area contributed by atoms with Crippen LogP contribution in [-0.4, -0.2) is 51.0 Å². The Kier molecular flexibility index (Phi) is 8.58. The largest absolute Gasteiger partial charge is 0.379 e. The van der Waals surface area contributed by atoms with Crippen LogP contribution in [0.5, 0.6) is 0 Å². The molecule has 0 spiro atoms. The summed E-state index contributed by atoms with van der Waals surface area (Å²) in [7, 11) is -3.83. The third kappa shape index (κ3) is 6.07. The number of halogens is 2.